The van der Waals surface area contributed by atoms with Gasteiger partial charge in [0.25, 0.3) is 0 Å². The van der Waals surface area contributed by atoms with Crippen LogP contribution in [0.4, 0.5) is 5.69 Å². The summed E-state index contributed by atoms with van der Waals surface area (Å²) in [6.07, 6.45) is 0. The zero-order chi connectivity index (χ0) is 13.8. The van der Waals surface area contributed by atoms with E-state index in [1.165, 1.54) is 11.1 Å². The molecule has 0 bridgehead atoms. The molecule has 96 valence electrons. The van der Waals surface area contributed by atoms with Crippen LogP contribution in [-0.2, 0) is 0 Å². The molecule has 2 rings (SSSR count). The fraction of sp³-hybridized carbons (Fsp3) is 0.188. The van der Waals surface area contributed by atoms with Gasteiger partial charge in [-0.15, -0.1) is 0 Å². The third kappa shape index (κ3) is 3.36. The average Bonchev–Trinajstić information content (AvgIpc) is 2.43. The molecule has 2 aromatic carbocycles. The molecule has 3 heteroatoms. The Hall–Kier alpha value is -1.79. The number of anilines is 1. The zero-order valence-electron chi connectivity index (χ0n) is 10.9. The molecular formula is C16H15BrN2. The highest BCUT2D eigenvalue weighted by Gasteiger charge is 2.07. The first-order chi connectivity index (χ1) is 9.10. The Morgan fingerprint density at radius 3 is 2.47 bits per heavy atom. The summed E-state index contributed by atoms with van der Waals surface area (Å²) in [7, 11) is 0. The van der Waals surface area contributed by atoms with Crippen molar-refractivity contribution in [2.45, 2.75) is 19.9 Å². The lowest BCUT2D eigenvalue weighted by molar-refractivity contribution is 0.882. The fourth-order valence-corrected chi connectivity index (χ4v) is 2.27. The van der Waals surface area contributed by atoms with E-state index in [2.05, 4.69) is 53.3 Å². The van der Waals surface area contributed by atoms with Gasteiger partial charge in [0.05, 0.1) is 11.6 Å². The minimum absolute atomic E-state index is 0.195. The lowest BCUT2D eigenvalue weighted by Crippen LogP contribution is -2.07. The number of rotatable bonds is 3. The maximum absolute atomic E-state index is 8.80. The maximum atomic E-state index is 8.80. The number of nitrogens with zero attached hydrogens (tertiary/aromatic N) is 1. The van der Waals surface area contributed by atoms with Crippen molar-refractivity contribution in [2.24, 2.45) is 0 Å². The molecule has 2 nitrogen and oxygen atoms in total. The third-order valence-electron chi connectivity index (χ3n) is 3.11. The van der Waals surface area contributed by atoms with Crippen LogP contribution in [0.5, 0.6) is 0 Å². The smallest absolute Gasteiger partial charge is 0.0991 e. The first kappa shape index (κ1) is 13.6. The summed E-state index contributed by atoms with van der Waals surface area (Å²) >= 11 is 3.49. The van der Waals surface area contributed by atoms with Crippen LogP contribution in [0.1, 0.15) is 29.7 Å². The fourth-order valence-electron chi connectivity index (χ4n) is 1.91. The second-order valence-corrected chi connectivity index (χ2v) is 5.47. The van der Waals surface area contributed by atoms with Crippen molar-refractivity contribution in [3.8, 4) is 6.07 Å². The van der Waals surface area contributed by atoms with Gasteiger partial charge in [0.1, 0.15) is 0 Å². The first-order valence-electron chi connectivity index (χ1n) is 6.13. The van der Waals surface area contributed by atoms with Crippen molar-refractivity contribution in [2.75, 3.05) is 5.32 Å². The van der Waals surface area contributed by atoms with E-state index in [9.17, 15) is 0 Å². The molecule has 1 atom stereocenters. The Morgan fingerprint density at radius 1 is 1.16 bits per heavy atom. The van der Waals surface area contributed by atoms with Gasteiger partial charge < -0.3 is 5.32 Å². The van der Waals surface area contributed by atoms with Crippen molar-refractivity contribution >= 4 is 21.6 Å². The number of aryl methyl sites for hydroxylation is 1. The van der Waals surface area contributed by atoms with E-state index in [1.807, 2.05) is 30.3 Å². The van der Waals surface area contributed by atoms with Gasteiger partial charge in [-0.1, -0.05) is 34.1 Å². The molecule has 1 N–H and O–H groups in total. The number of hydrogen-bond donors (Lipinski definition) is 1. The standard InChI is InChI=1S/C16H15BrN2/c1-11-3-8-15(17)9-16(11)19-12(2)14-6-4-13(10-18)5-7-14/h3-9,12,19H,1-2H3. The normalized spacial score (nSPS) is 11.7. The lowest BCUT2D eigenvalue weighted by Gasteiger charge is -2.17. The van der Waals surface area contributed by atoms with E-state index in [-0.39, 0.29) is 6.04 Å². The zero-order valence-corrected chi connectivity index (χ0v) is 12.5. The highest BCUT2D eigenvalue weighted by Crippen LogP contribution is 2.25. The van der Waals surface area contributed by atoms with Crippen LogP contribution < -0.4 is 5.32 Å². The van der Waals surface area contributed by atoms with Crippen LogP contribution in [0, 0.1) is 18.3 Å². The van der Waals surface area contributed by atoms with Crippen LogP contribution >= 0.6 is 15.9 Å². The molecule has 0 radical (unpaired) electrons. The summed E-state index contributed by atoms with van der Waals surface area (Å²) in [6, 6.07) is 16.2. The van der Waals surface area contributed by atoms with Crippen molar-refractivity contribution in [1.82, 2.24) is 0 Å². The third-order valence-corrected chi connectivity index (χ3v) is 3.60. The van der Waals surface area contributed by atoms with E-state index in [0.717, 1.165) is 10.2 Å². The van der Waals surface area contributed by atoms with E-state index >= 15 is 0 Å². The summed E-state index contributed by atoms with van der Waals surface area (Å²) in [6.45, 7) is 4.20. The molecule has 0 aliphatic rings. The quantitative estimate of drug-likeness (QED) is 0.883. The van der Waals surface area contributed by atoms with Crippen molar-refractivity contribution < 1.29 is 0 Å². The van der Waals surface area contributed by atoms with Crippen LogP contribution in [0.3, 0.4) is 0 Å². The predicted octanol–water partition coefficient (Wildman–Crippen LogP) is 4.80. The van der Waals surface area contributed by atoms with Gasteiger partial charge in [-0.25, -0.2) is 0 Å². The Kier molecular flexibility index (Phi) is 4.24. The maximum Gasteiger partial charge on any atom is 0.0991 e. The molecule has 0 amide bonds. The molecule has 0 heterocycles. The molecule has 0 fully saturated rings. The van der Waals surface area contributed by atoms with Gasteiger partial charge >= 0.3 is 0 Å². The number of hydrogen-bond acceptors (Lipinski definition) is 2. The molecule has 0 spiro atoms. The Labute approximate surface area is 122 Å². The molecular weight excluding hydrogens is 300 g/mol. The highest BCUT2D eigenvalue weighted by atomic mass is 79.9. The first-order valence-corrected chi connectivity index (χ1v) is 6.92. The van der Waals surface area contributed by atoms with Gasteiger partial charge in [-0.2, -0.15) is 5.26 Å². The van der Waals surface area contributed by atoms with Gasteiger partial charge in [0.15, 0.2) is 0 Å². The molecule has 19 heavy (non-hydrogen) atoms. The van der Waals surface area contributed by atoms with Crippen molar-refractivity contribution in [3.05, 3.63) is 63.6 Å². The molecule has 1 unspecified atom stereocenters. The monoisotopic (exact) mass is 314 g/mol. The SMILES string of the molecule is Cc1ccc(Br)cc1NC(C)c1ccc(C#N)cc1. The summed E-state index contributed by atoms with van der Waals surface area (Å²) in [5.41, 5.74) is 4.18. The summed E-state index contributed by atoms with van der Waals surface area (Å²) in [4.78, 5) is 0. The minimum atomic E-state index is 0.195. The van der Waals surface area contributed by atoms with Gasteiger partial charge in [0, 0.05) is 16.2 Å². The molecule has 0 aromatic heterocycles. The van der Waals surface area contributed by atoms with E-state index in [1.54, 1.807) is 0 Å². The van der Waals surface area contributed by atoms with Crippen LogP contribution in [0.15, 0.2) is 46.9 Å². The van der Waals surface area contributed by atoms with Gasteiger partial charge in [-0.3, -0.25) is 0 Å². The van der Waals surface area contributed by atoms with Crippen molar-refractivity contribution in [3.63, 3.8) is 0 Å². The Morgan fingerprint density at radius 2 is 1.84 bits per heavy atom. The van der Waals surface area contributed by atoms with Gasteiger partial charge in [-0.05, 0) is 49.2 Å². The lowest BCUT2D eigenvalue weighted by atomic mass is 10.1. The number of benzene rings is 2. The minimum Gasteiger partial charge on any atom is -0.378 e. The average molecular weight is 315 g/mol. The molecule has 2 aromatic rings. The largest absolute Gasteiger partial charge is 0.378 e. The predicted molar refractivity (Wildman–Crippen MR) is 82.1 cm³/mol. The van der Waals surface area contributed by atoms with E-state index in [0.29, 0.717) is 5.56 Å². The summed E-state index contributed by atoms with van der Waals surface area (Å²) in [5.74, 6) is 0. The molecule has 0 saturated carbocycles. The van der Waals surface area contributed by atoms with Crippen molar-refractivity contribution in [1.29, 1.82) is 5.26 Å². The topological polar surface area (TPSA) is 35.8 Å². The van der Waals surface area contributed by atoms with Crippen LogP contribution in [0.25, 0.3) is 0 Å². The second kappa shape index (κ2) is 5.90. The molecule has 0 aliphatic heterocycles. The number of halogens is 1. The van der Waals surface area contributed by atoms with Gasteiger partial charge in [0.2, 0.25) is 0 Å². The highest BCUT2D eigenvalue weighted by molar-refractivity contribution is 9.10. The van der Waals surface area contributed by atoms with Crippen LogP contribution in [0.2, 0.25) is 0 Å². The summed E-state index contributed by atoms with van der Waals surface area (Å²) in [5, 5.41) is 12.3. The van der Waals surface area contributed by atoms with E-state index < -0.39 is 0 Å². The number of nitrogens with one attached hydrogen (secondary N) is 1. The Balaban J connectivity index is 2.18. The van der Waals surface area contributed by atoms with E-state index in [4.69, 9.17) is 5.26 Å². The molecule has 0 saturated heterocycles. The number of nitriles is 1. The van der Waals surface area contributed by atoms with Crippen LogP contribution in [-0.4, -0.2) is 0 Å². The summed E-state index contributed by atoms with van der Waals surface area (Å²) < 4.78 is 1.06. The second-order valence-electron chi connectivity index (χ2n) is 4.56. The Bertz CT molecular complexity index is 612. The molecule has 0 aliphatic carbocycles.